The summed E-state index contributed by atoms with van der Waals surface area (Å²) in [6.07, 6.45) is 3.98. The van der Waals surface area contributed by atoms with E-state index in [1.165, 1.54) is 38.9 Å². The summed E-state index contributed by atoms with van der Waals surface area (Å²) >= 11 is 0. The molecule has 1 aliphatic heterocycles. The van der Waals surface area contributed by atoms with Crippen LogP contribution in [0.4, 0.5) is 0 Å². The Morgan fingerprint density at radius 3 is 2.71 bits per heavy atom. The summed E-state index contributed by atoms with van der Waals surface area (Å²) in [7, 11) is 2.06. The third kappa shape index (κ3) is 2.96. The Balaban J connectivity index is 2.40. The zero-order valence-corrected chi connectivity index (χ0v) is 10.3. The fourth-order valence-corrected chi connectivity index (χ4v) is 2.61. The monoisotopic (exact) mass is 198 g/mol. The van der Waals surface area contributed by atoms with Crippen LogP contribution >= 0.6 is 0 Å². The third-order valence-corrected chi connectivity index (χ3v) is 3.50. The number of nitrogens with zero attached hydrogens (tertiary/aromatic N) is 1. The summed E-state index contributed by atoms with van der Waals surface area (Å²) < 4.78 is 0. The van der Waals surface area contributed by atoms with Crippen LogP contribution < -0.4 is 5.32 Å². The van der Waals surface area contributed by atoms with E-state index in [4.69, 9.17) is 0 Å². The molecule has 1 N–H and O–H groups in total. The lowest BCUT2D eigenvalue weighted by Gasteiger charge is -2.35. The first-order chi connectivity index (χ1) is 6.60. The molecule has 0 radical (unpaired) electrons. The van der Waals surface area contributed by atoms with Crippen LogP contribution in [-0.2, 0) is 0 Å². The van der Waals surface area contributed by atoms with Crippen LogP contribution in [-0.4, -0.2) is 37.1 Å². The van der Waals surface area contributed by atoms with Gasteiger partial charge in [-0.15, -0.1) is 0 Å². The van der Waals surface area contributed by atoms with E-state index in [0.29, 0.717) is 5.54 Å². The molecule has 2 heteroatoms. The van der Waals surface area contributed by atoms with Crippen molar-refractivity contribution in [1.29, 1.82) is 0 Å². The Morgan fingerprint density at radius 1 is 1.43 bits per heavy atom. The third-order valence-electron chi connectivity index (χ3n) is 3.50. The topological polar surface area (TPSA) is 15.3 Å². The van der Waals surface area contributed by atoms with Crippen molar-refractivity contribution in [3.63, 3.8) is 0 Å². The van der Waals surface area contributed by atoms with Gasteiger partial charge < -0.3 is 5.32 Å². The van der Waals surface area contributed by atoms with E-state index >= 15 is 0 Å². The van der Waals surface area contributed by atoms with E-state index in [-0.39, 0.29) is 0 Å². The van der Waals surface area contributed by atoms with Gasteiger partial charge in [0.25, 0.3) is 0 Å². The van der Waals surface area contributed by atoms with Crippen LogP contribution in [0, 0.1) is 5.92 Å². The first-order valence-electron chi connectivity index (χ1n) is 6.00. The van der Waals surface area contributed by atoms with E-state index in [9.17, 15) is 0 Å². The maximum absolute atomic E-state index is 3.29. The maximum Gasteiger partial charge on any atom is 0.0153 e. The molecule has 1 saturated heterocycles. The Morgan fingerprint density at radius 2 is 2.14 bits per heavy atom. The van der Waals surface area contributed by atoms with Gasteiger partial charge in [-0.25, -0.2) is 0 Å². The highest BCUT2D eigenvalue weighted by atomic mass is 15.2. The molecule has 0 aromatic heterocycles. The summed E-state index contributed by atoms with van der Waals surface area (Å²) in [4.78, 5) is 2.67. The molecule has 1 atom stereocenters. The minimum atomic E-state index is 0.414. The SMILES string of the molecule is CCCC(C)(C)N1CCC(CNC)C1. The second-order valence-corrected chi connectivity index (χ2v) is 5.22. The van der Waals surface area contributed by atoms with Crippen molar-refractivity contribution >= 4 is 0 Å². The molecule has 0 spiro atoms. The molecule has 1 heterocycles. The smallest absolute Gasteiger partial charge is 0.0153 e. The average Bonchev–Trinajstić information content (AvgIpc) is 2.54. The van der Waals surface area contributed by atoms with Crippen molar-refractivity contribution in [3.8, 4) is 0 Å². The Kier molecular flexibility index (Phi) is 4.39. The van der Waals surface area contributed by atoms with E-state index in [2.05, 4.69) is 38.0 Å². The molecule has 2 nitrogen and oxygen atoms in total. The van der Waals surface area contributed by atoms with Crippen molar-refractivity contribution in [3.05, 3.63) is 0 Å². The Bertz CT molecular complexity index is 166. The van der Waals surface area contributed by atoms with Gasteiger partial charge in [0.05, 0.1) is 0 Å². The van der Waals surface area contributed by atoms with Gasteiger partial charge in [0.15, 0.2) is 0 Å². The quantitative estimate of drug-likeness (QED) is 0.728. The molecule has 0 amide bonds. The molecule has 0 bridgehead atoms. The summed E-state index contributed by atoms with van der Waals surface area (Å²) in [5, 5.41) is 3.29. The molecule has 1 unspecified atom stereocenters. The highest BCUT2D eigenvalue weighted by Crippen LogP contribution is 2.27. The van der Waals surface area contributed by atoms with Crippen molar-refractivity contribution in [1.82, 2.24) is 10.2 Å². The van der Waals surface area contributed by atoms with Gasteiger partial charge in [0.2, 0.25) is 0 Å². The lowest BCUT2D eigenvalue weighted by molar-refractivity contribution is 0.137. The molecule has 84 valence electrons. The summed E-state index contributed by atoms with van der Waals surface area (Å²) in [6, 6.07) is 0. The van der Waals surface area contributed by atoms with Crippen LogP contribution in [0.1, 0.15) is 40.0 Å². The van der Waals surface area contributed by atoms with Crippen molar-refractivity contribution in [2.75, 3.05) is 26.7 Å². The number of nitrogens with one attached hydrogen (secondary N) is 1. The summed E-state index contributed by atoms with van der Waals surface area (Å²) in [5.41, 5.74) is 0.414. The molecule has 0 saturated carbocycles. The number of hydrogen-bond acceptors (Lipinski definition) is 2. The molecule has 1 aliphatic rings. The van der Waals surface area contributed by atoms with Crippen LogP contribution in [0.3, 0.4) is 0 Å². The van der Waals surface area contributed by atoms with E-state index in [1.807, 2.05) is 0 Å². The molecule has 14 heavy (non-hydrogen) atoms. The van der Waals surface area contributed by atoms with Crippen LogP contribution in [0.25, 0.3) is 0 Å². The highest BCUT2D eigenvalue weighted by molar-refractivity contribution is 4.87. The predicted molar refractivity (Wildman–Crippen MR) is 62.6 cm³/mol. The number of hydrogen-bond donors (Lipinski definition) is 1. The second-order valence-electron chi connectivity index (χ2n) is 5.22. The predicted octanol–water partition coefficient (Wildman–Crippen LogP) is 2.11. The van der Waals surface area contributed by atoms with Crippen LogP contribution in [0.5, 0.6) is 0 Å². The normalized spacial score (nSPS) is 24.4. The molecule has 0 aromatic rings. The van der Waals surface area contributed by atoms with Gasteiger partial charge in [0, 0.05) is 12.1 Å². The van der Waals surface area contributed by atoms with E-state index in [0.717, 1.165) is 5.92 Å². The van der Waals surface area contributed by atoms with Crippen molar-refractivity contribution in [2.45, 2.75) is 45.6 Å². The van der Waals surface area contributed by atoms with Gasteiger partial charge in [-0.2, -0.15) is 0 Å². The fraction of sp³-hybridized carbons (Fsp3) is 1.00. The average molecular weight is 198 g/mol. The first-order valence-corrected chi connectivity index (χ1v) is 6.00. The van der Waals surface area contributed by atoms with Gasteiger partial charge in [-0.1, -0.05) is 13.3 Å². The minimum Gasteiger partial charge on any atom is -0.319 e. The Labute approximate surface area is 89.1 Å². The van der Waals surface area contributed by atoms with Gasteiger partial charge in [-0.3, -0.25) is 4.90 Å². The van der Waals surface area contributed by atoms with E-state index < -0.39 is 0 Å². The van der Waals surface area contributed by atoms with Gasteiger partial charge in [-0.05, 0) is 52.7 Å². The lowest BCUT2D eigenvalue weighted by Crippen LogP contribution is -2.42. The van der Waals surface area contributed by atoms with Crippen LogP contribution in [0.15, 0.2) is 0 Å². The maximum atomic E-state index is 3.29. The fourth-order valence-electron chi connectivity index (χ4n) is 2.61. The van der Waals surface area contributed by atoms with Gasteiger partial charge >= 0.3 is 0 Å². The molecule has 0 aromatic carbocycles. The Hall–Kier alpha value is -0.0800. The van der Waals surface area contributed by atoms with Gasteiger partial charge in [0.1, 0.15) is 0 Å². The number of likely N-dealkylation sites (tertiary alicyclic amines) is 1. The standard InChI is InChI=1S/C12H26N2/c1-5-7-12(2,3)14-8-6-11(10-14)9-13-4/h11,13H,5-10H2,1-4H3. The lowest BCUT2D eigenvalue weighted by atomic mass is 9.97. The zero-order chi connectivity index (χ0) is 10.6. The van der Waals surface area contributed by atoms with Crippen molar-refractivity contribution in [2.24, 2.45) is 5.92 Å². The second kappa shape index (κ2) is 5.13. The van der Waals surface area contributed by atoms with Crippen molar-refractivity contribution < 1.29 is 0 Å². The summed E-state index contributed by atoms with van der Waals surface area (Å²) in [5.74, 6) is 0.871. The molecular weight excluding hydrogens is 172 g/mol. The zero-order valence-electron chi connectivity index (χ0n) is 10.3. The highest BCUT2D eigenvalue weighted by Gasteiger charge is 2.32. The molecule has 1 rings (SSSR count). The van der Waals surface area contributed by atoms with E-state index in [1.54, 1.807) is 0 Å². The largest absolute Gasteiger partial charge is 0.319 e. The van der Waals surface area contributed by atoms with Crippen LogP contribution in [0.2, 0.25) is 0 Å². The first kappa shape index (κ1) is 12.0. The molecule has 1 fully saturated rings. The summed E-state index contributed by atoms with van der Waals surface area (Å²) in [6.45, 7) is 10.8. The molecule has 0 aliphatic carbocycles. The number of rotatable bonds is 5. The molecular formula is C12H26N2. The minimum absolute atomic E-state index is 0.414.